The number of furan rings is 1. The van der Waals surface area contributed by atoms with Gasteiger partial charge < -0.3 is 13.6 Å². The first-order valence-corrected chi connectivity index (χ1v) is 20.8. The van der Waals surface area contributed by atoms with E-state index in [2.05, 4.69) is 203 Å². The highest BCUT2D eigenvalue weighted by atomic mass is 16.3. The number of rotatable bonds is 5. The molecule has 9 aromatic carbocycles. The summed E-state index contributed by atoms with van der Waals surface area (Å²) < 4.78 is 11.4. The first-order valence-electron chi connectivity index (χ1n) is 20.8. The molecule has 0 saturated heterocycles. The highest BCUT2D eigenvalue weighted by Crippen LogP contribution is 2.42. The molecule has 0 bridgehead atoms. The van der Waals surface area contributed by atoms with Crippen molar-refractivity contribution in [2.24, 2.45) is 0 Å². The fourth-order valence-corrected chi connectivity index (χ4v) is 9.74. The normalized spacial score (nSPS) is 11.9. The van der Waals surface area contributed by atoms with Crippen molar-refractivity contribution in [1.82, 2.24) is 14.1 Å². The highest BCUT2D eigenvalue weighted by molar-refractivity contribution is 6.16. The fraction of sp³-hybridized carbons (Fsp3) is 0. The van der Waals surface area contributed by atoms with Gasteiger partial charge in [-0.1, -0.05) is 133 Å². The minimum atomic E-state index is 0.813. The number of pyridine rings is 1. The molecule has 0 unspecified atom stereocenters. The third-order valence-corrected chi connectivity index (χ3v) is 12.5. The van der Waals surface area contributed by atoms with E-state index < -0.39 is 0 Å². The standard InChI is InChI=1S/C57H35N3O/c1-2-17-41(18-3-1)59-51-26-10-6-21-44(51)48-34-38(29-31-52(48)59)39-28-30-45-43-20-5-9-25-50(43)60(53(45)35-39)42-19-13-15-37(33-42)36-14-12-16-40(32-36)55-46-22-4-8-24-49(46)58-56-47-23-7-11-27-54(47)61-57(55)56/h1-35H. The van der Waals surface area contributed by atoms with Crippen LogP contribution in [0.4, 0.5) is 0 Å². The molecule has 0 aliphatic carbocycles. The monoisotopic (exact) mass is 777 g/mol. The Labute approximate surface area is 350 Å². The SMILES string of the molecule is c1ccc(-n2c3ccccc3c3cc(-c4ccc5c6ccccc6n(-c6cccc(-c7cccc(-c8c9ccccc9nc9c8oc8ccccc89)c7)c6)c5c4)ccc32)cc1. The van der Waals surface area contributed by atoms with E-state index >= 15 is 0 Å². The van der Waals surface area contributed by atoms with Crippen LogP contribution in [0.5, 0.6) is 0 Å². The van der Waals surface area contributed by atoms with Crippen LogP contribution in [0.3, 0.4) is 0 Å². The molecule has 0 aliphatic heterocycles. The summed E-state index contributed by atoms with van der Waals surface area (Å²) in [6.45, 7) is 0. The summed E-state index contributed by atoms with van der Waals surface area (Å²) in [5.74, 6) is 0. The van der Waals surface area contributed by atoms with Gasteiger partial charge in [-0.25, -0.2) is 4.98 Å². The van der Waals surface area contributed by atoms with Crippen LogP contribution in [-0.4, -0.2) is 14.1 Å². The van der Waals surface area contributed by atoms with E-state index in [1.165, 1.54) is 54.7 Å². The maximum Gasteiger partial charge on any atom is 0.162 e. The summed E-state index contributed by atoms with van der Waals surface area (Å²) in [7, 11) is 0. The first kappa shape index (κ1) is 33.7. The average Bonchev–Trinajstić information content (AvgIpc) is 3.98. The lowest BCUT2D eigenvalue weighted by Gasteiger charge is -2.13. The number of fused-ring (bicyclic) bond motifs is 10. The van der Waals surface area contributed by atoms with Gasteiger partial charge in [0.25, 0.3) is 0 Å². The highest BCUT2D eigenvalue weighted by Gasteiger charge is 2.20. The molecule has 4 heteroatoms. The molecule has 0 aliphatic rings. The number of hydrogen-bond acceptors (Lipinski definition) is 2. The van der Waals surface area contributed by atoms with E-state index in [1.54, 1.807) is 0 Å². The van der Waals surface area contributed by atoms with Crippen molar-refractivity contribution in [2.45, 2.75) is 0 Å². The topological polar surface area (TPSA) is 35.9 Å². The Kier molecular flexibility index (Phi) is 7.27. The van der Waals surface area contributed by atoms with Gasteiger partial charge in [-0.3, -0.25) is 0 Å². The molecule has 4 aromatic heterocycles. The van der Waals surface area contributed by atoms with Gasteiger partial charge in [-0.05, 0) is 107 Å². The zero-order chi connectivity index (χ0) is 40.0. The second kappa shape index (κ2) is 13.2. The molecule has 0 radical (unpaired) electrons. The van der Waals surface area contributed by atoms with Crippen LogP contribution < -0.4 is 0 Å². The molecular weight excluding hydrogens is 743 g/mol. The minimum Gasteiger partial charge on any atom is -0.454 e. The Balaban J connectivity index is 0.959. The van der Waals surface area contributed by atoms with E-state index in [0.29, 0.717) is 0 Å². The van der Waals surface area contributed by atoms with Crippen LogP contribution in [0, 0.1) is 0 Å². The number of aromatic nitrogens is 3. The second-order valence-corrected chi connectivity index (χ2v) is 15.9. The van der Waals surface area contributed by atoms with E-state index in [1.807, 2.05) is 18.2 Å². The molecule has 0 atom stereocenters. The first-order chi connectivity index (χ1) is 30.2. The lowest BCUT2D eigenvalue weighted by atomic mass is 9.95. The van der Waals surface area contributed by atoms with E-state index in [9.17, 15) is 0 Å². The molecule has 61 heavy (non-hydrogen) atoms. The van der Waals surface area contributed by atoms with Crippen molar-refractivity contribution in [2.75, 3.05) is 0 Å². The second-order valence-electron chi connectivity index (χ2n) is 15.9. The Hall–Kier alpha value is -8.21. The minimum absolute atomic E-state index is 0.813. The summed E-state index contributed by atoms with van der Waals surface area (Å²) in [6, 6.07) is 76.3. The van der Waals surface area contributed by atoms with Crippen molar-refractivity contribution < 1.29 is 4.42 Å². The number of para-hydroxylation sites is 5. The zero-order valence-electron chi connectivity index (χ0n) is 33.0. The van der Waals surface area contributed by atoms with E-state index in [4.69, 9.17) is 9.40 Å². The number of benzene rings is 9. The van der Waals surface area contributed by atoms with Crippen molar-refractivity contribution in [3.05, 3.63) is 212 Å². The van der Waals surface area contributed by atoms with Gasteiger partial charge in [0.05, 0.1) is 27.6 Å². The smallest absolute Gasteiger partial charge is 0.162 e. The van der Waals surface area contributed by atoms with E-state index in [-0.39, 0.29) is 0 Å². The molecule has 0 saturated carbocycles. The molecule has 0 spiro atoms. The number of nitrogens with zero attached hydrogens (tertiary/aromatic N) is 3. The van der Waals surface area contributed by atoms with Crippen LogP contribution in [-0.2, 0) is 0 Å². The molecule has 4 heterocycles. The van der Waals surface area contributed by atoms with Crippen LogP contribution >= 0.6 is 0 Å². The van der Waals surface area contributed by atoms with Crippen LogP contribution in [0.15, 0.2) is 217 Å². The van der Waals surface area contributed by atoms with Crippen molar-refractivity contribution in [1.29, 1.82) is 0 Å². The molecule has 284 valence electrons. The molecule has 4 nitrogen and oxygen atoms in total. The molecule has 13 rings (SSSR count). The average molecular weight is 778 g/mol. The maximum absolute atomic E-state index is 6.58. The summed E-state index contributed by atoms with van der Waals surface area (Å²) >= 11 is 0. The van der Waals surface area contributed by atoms with Crippen molar-refractivity contribution in [3.63, 3.8) is 0 Å². The van der Waals surface area contributed by atoms with Gasteiger partial charge in [0.2, 0.25) is 0 Å². The van der Waals surface area contributed by atoms with Gasteiger partial charge in [0.1, 0.15) is 11.1 Å². The third kappa shape index (κ3) is 5.16. The van der Waals surface area contributed by atoms with Crippen LogP contribution in [0.2, 0.25) is 0 Å². The lowest BCUT2D eigenvalue weighted by molar-refractivity contribution is 0.670. The number of hydrogen-bond donors (Lipinski definition) is 0. The fourth-order valence-electron chi connectivity index (χ4n) is 9.74. The Morgan fingerprint density at radius 3 is 1.72 bits per heavy atom. The van der Waals surface area contributed by atoms with Gasteiger partial charge in [0, 0.05) is 49.3 Å². The third-order valence-electron chi connectivity index (χ3n) is 12.5. The Morgan fingerprint density at radius 1 is 0.328 bits per heavy atom. The summed E-state index contributed by atoms with van der Waals surface area (Å²) in [4.78, 5) is 5.09. The molecule has 0 fully saturated rings. The predicted octanol–water partition coefficient (Wildman–Crippen LogP) is 15.3. The summed E-state index contributed by atoms with van der Waals surface area (Å²) in [5.41, 5.74) is 17.3. The summed E-state index contributed by atoms with van der Waals surface area (Å²) in [6.07, 6.45) is 0. The molecule has 0 N–H and O–H groups in total. The molecular formula is C57H35N3O. The molecule has 0 amide bonds. The predicted molar refractivity (Wildman–Crippen MR) is 254 cm³/mol. The van der Waals surface area contributed by atoms with Gasteiger partial charge in [0.15, 0.2) is 5.58 Å². The van der Waals surface area contributed by atoms with Gasteiger partial charge in [-0.15, -0.1) is 0 Å². The van der Waals surface area contributed by atoms with Crippen LogP contribution in [0.1, 0.15) is 0 Å². The van der Waals surface area contributed by atoms with Gasteiger partial charge >= 0.3 is 0 Å². The Morgan fingerprint density at radius 2 is 0.885 bits per heavy atom. The van der Waals surface area contributed by atoms with Crippen molar-refractivity contribution in [3.8, 4) is 44.8 Å². The van der Waals surface area contributed by atoms with Crippen LogP contribution in [0.25, 0.3) is 121 Å². The summed E-state index contributed by atoms with van der Waals surface area (Å²) in [5, 5.41) is 7.05. The quantitative estimate of drug-likeness (QED) is 0.174. The molecule has 13 aromatic rings. The van der Waals surface area contributed by atoms with Crippen molar-refractivity contribution >= 4 is 76.6 Å². The largest absolute Gasteiger partial charge is 0.454 e. The van der Waals surface area contributed by atoms with Gasteiger partial charge in [-0.2, -0.15) is 0 Å². The lowest BCUT2D eigenvalue weighted by Crippen LogP contribution is -1.95. The maximum atomic E-state index is 6.58. The van der Waals surface area contributed by atoms with E-state index in [0.717, 1.165) is 66.6 Å². The Bertz CT molecular complexity index is 3890. The zero-order valence-corrected chi connectivity index (χ0v) is 33.0.